The molecular weight excluding hydrogens is 210 g/mol. The number of benzene rings is 1. The van der Waals surface area contributed by atoms with Gasteiger partial charge in [-0.05, 0) is 51.1 Å². The lowest BCUT2D eigenvalue weighted by Crippen LogP contribution is -2.20. The molecule has 2 rings (SSSR count). The second-order valence-electron chi connectivity index (χ2n) is 5.35. The zero-order valence-electron chi connectivity index (χ0n) is 10.8. The van der Waals surface area contributed by atoms with Crippen molar-refractivity contribution >= 4 is 5.69 Å². The Morgan fingerprint density at radius 1 is 1.24 bits per heavy atom. The molecule has 0 aliphatic heterocycles. The molecule has 17 heavy (non-hydrogen) atoms. The molecule has 0 bridgehead atoms. The van der Waals surface area contributed by atoms with Crippen molar-refractivity contribution in [2.45, 2.75) is 37.9 Å². The summed E-state index contributed by atoms with van der Waals surface area (Å²) in [5.41, 5.74) is 8.48. The monoisotopic (exact) mass is 233 g/mol. The first kappa shape index (κ1) is 12.4. The van der Waals surface area contributed by atoms with Crippen molar-refractivity contribution in [2.75, 3.05) is 19.4 Å². The number of anilines is 1. The van der Waals surface area contributed by atoms with E-state index in [0.717, 1.165) is 19.4 Å². The first-order chi connectivity index (χ1) is 8.13. The van der Waals surface area contributed by atoms with Gasteiger partial charge in [0.2, 0.25) is 0 Å². The van der Waals surface area contributed by atoms with Crippen molar-refractivity contribution in [1.82, 2.24) is 4.90 Å². The fourth-order valence-electron chi connectivity index (χ4n) is 2.45. The van der Waals surface area contributed by atoms with Crippen LogP contribution in [0.1, 0.15) is 24.8 Å². The van der Waals surface area contributed by atoms with Crippen molar-refractivity contribution in [3.63, 3.8) is 0 Å². The highest BCUT2D eigenvalue weighted by atomic mass is 15.0. The van der Waals surface area contributed by atoms with Gasteiger partial charge in [0.25, 0.3) is 0 Å². The molecule has 0 spiro atoms. The maximum Gasteiger partial charge on any atom is 0.0342 e. The van der Waals surface area contributed by atoms with Crippen LogP contribution < -0.4 is 11.1 Å². The lowest BCUT2D eigenvalue weighted by molar-refractivity contribution is 0.402. The van der Waals surface area contributed by atoms with E-state index in [1.165, 1.54) is 17.7 Å². The SMILES string of the molecule is CN(C)Cc1ccc(NC2CCC(N)C2)cc1. The Morgan fingerprint density at radius 3 is 2.47 bits per heavy atom. The highest BCUT2D eigenvalue weighted by molar-refractivity contribution is 5.45. The summed E-state index contributed by atoms with van der Waals surface area (Å²) in [5, 5.41) is 3.56. The molecule has 1 aromatic rings. The van der Waals surface area contributed by atoms with Gasteiger partial charge in [0.1, 0.15) is 0 Å². The van der Waals surface area contributed by atoms with Crippen LogP contribution in [-0.4, -0.2) is 31.1 Å². The molecule has 1 aromatic carbocycles. The molecule has 1 fully saturated rings. The van der Waals surface area contributed by atoms with Crippen LogP contribution in [0.4, 0.5) is 5.69 Å². The molecule has 0 saturated heterocycles. The van der Waals surface area contributed by atoms with E-state index in [9.17, 15) is 0 Å². The molecule has 2 unspecified atom stereocenters. The maximum absolute atomic E-state index is 5.91. The van der Waals surface area contributed by atoms with Crippen molar-refractivity contribution in [1.29, 1.82) is 0 Å². The van der Waals surface area contributed by atoms with Crippen molar-refractivity contribution in [2.24, 2.45) is 5.73 Å². The van der Waals surface area contributed by atoms with Crippen molar-refractivity contribution in [3.05, 3.63) is 29.8 Å². The fourth-order valence-corrected chi connectivity index (χ4v) is 2.45. The van der Waals surface area contributed by atoms with E-state index in [2.05, 4.69) is 48.6 Å². The average Bonchev–Trinajstić information content (AvgIpc) is 2.66. The molecule has 3 N–H and O–H groups in total. The maximum atomic E-state index is 5.91. The third-order valence-electron chi connectivity index (χ3n) is 3.30. The summed E-state index contributed by atoms with van der Waals surface area (Å²) in [6, 6.07) is 9.67. The molecule has 3 heteroatoms. The summed E-state index contributed by atoms with van der Waals surface area (Å²) in [6.07, 6.45) is 3.44. The van der Waals surface area contributed by atoms with E-state index in [1.54, 1.807) is 0 Å². The van der Waals surface area contributed by atoms with Gasteiger partial charge in [-0.2, -0.15) is 0 Å². The summed E-state index contributed by atoms with van der Waals surface area (Å²) in [7, 11) is 4.18. The molecule has 0 heterocycles. The van der Waals surface area contributed by atoms with Crippen LogP contribution in [0.5, 0.6) is 0 Å². The van der Waals surface area contributed by atoms with Gasteiger partial charge >= 0.3 is 0 Å². The number of hydrogen-bond acceptors (Lipinski definition) is 3. The normalized spacial score (nSPS) is 24.2. The van der Waals surface area contributed by atoms with Gasteiger partial charge in [-0.15, -0.1) is 0 Å². The van der Waals surface area contributed by atoms with Crippen molar-refractivity contribution in [3.8, 4) is 0 Å². The Morgan fingerprint density at radius 2 is 1.94 bits per heavy atom. The second kappa shape index (κ2) is 5.52. The molecule has 1 aliphatic rings. The number of nitrogens with zero attached hydrogens (tertiary/aromatic N) is 1. The minimum Gasteiger partial charge on any atom is -0.382 e. The Balaban J connectivity index is 1.89. The summed E-state index contributed by atoms with van der Waals surface area (Å²) in [5.74, 6) is 0. The zero-order chi connectivity index (χ0) is 12.3. The fraction of sp³-hybridized carbons (Fsp3) is 0.571. The molecule has 0 amide bonds. The van der Waals surface area contributed by atoms with E-state index in [4.69, 9.17) is 5.73 Å². The van der Waals surface area contributed by atoms with Gasteiger partial charge in [-0.3, -0.25) is 0 Å². The topological polar surface area (TPSA) is 41.3 Å². The van der Waals surface area contributed by atoms with Crippen LogP contribution in [0.2, 0.25) is 0 Å². The molecule has 3 nitrogen and oxygen atoms in total. The highest BCUT2D eigenvalue weighted by Crippen LogP contribution is 2.22. The van der Waals surface area contributed by atoms with Gasteiger partial charge in [0.15, 0.2) is 0 Å². The van der Waals surface area contributed by atoms with Crippen LogP contribution in [0.15, 0.2) is 24.3 Å². The van der Waals surface area contributed by atoms with Crippen LogP contribution in [0.3, 0.4) is 0 Å². The molecule has 1 aliphatic carbocycles. The Kier molecular flexibility index (Phi) is 4.02. The van der Waals surface area contributed by atoms with E-state index in [0.29, 0.717) is 12.1 Å². The lowest BCUT2D eigenvalue weighted by atomic mass is 10.1. The zero-order valence-corrected chi connectivity index (χ0v) is 10.8. The van der Waals surface area contributed by atoms with Crippen LogP contribution >= 0.6 is 0 Å². The number of nitrogens with two attached hydrogens (primary N) is 1. The second-order valence-corrected chi connectivity index (χ2v) is 5.35. The Labute approximate surface area is 104 Å². The van der Waals surface area contributed by atoms with Crippen LogP contribution in [-0.2, 0) is 6.54 Å². The van der Waals surface area contributed by atoms with Crippen molar-refractivity contribution < 1.29 is 0 Å². The van der Waals surface area contributed by atoms with Crippen LogP contribution in [0.25, 0.3) is 0 Å². The van der Waals surface area contributed by atoms with E-state index >= 15 is 0 Å². The molecule has 0 radical (unpaired) electrons. The standard InChI is InChI=1S/C14H23N3/c1-17(2)10-11-3-6-13(7-4-11)16-14-8-5-12(15)9-14/h3-4,6-7,12,14,16H,5,8-10,15H2,1-2H3. The largest absolute Gasteiger partial charge is 0.382 e. The summed E-state index contributed by atoms with van der Waals surface area (Å²) in [4.78, 5) is 2.18. The first-order valence-electron chi connectivity index (χ1n) is 6.39. The average molecular weight is 233 g/mol. The molecule has 1 saturated carbocycles. The molecule has 0 aromatic heterocycles. The Hall–Kier alpha value is -1.06. The predicted molar refractivity (Wildman–Crippen MR) is 73.1 cm³/mol. The summed E-state index contributed by atoms with van der Waals surface area (Å²) in [6.45, 7) is 0.995. The lowest BCUT2D eigenvalue weighted by Gasteiger charge is -2.15. The van der Waals surface area contributed by atoms with Gasteiger partial charge < -0.3 is 16.0 Å². The van der Waals surface area contributed by atoms with E-state index < -0.39 is 0 Å². The molecule has 2 atom stereocenters. The number of hydrogen-bond donors (Lipinski definition) is 2. The predicted octanol–water partition coefficient (Wildman–Crippen LogP) is 2.04. The summed E-state index contributed by atoms with van der Waals surface area (Å²) >= 11 is 0. The van der Waals surface area contributed by atoms with Gasteiger partial charge in [0.05, 0.1) is 0 Å². The van der Waals surface area contributed by atoms with E-state index in [1.807, 2.05) is 0 Å². The first-order valence-corrected chi connectivity index (χ1v) is 6.39. The van der Waals surface area contributed by atoms with Crippen LogP contribution in [0, 0.1) is 0 Å². The van der Waals surface area contributed by atoms with Gasteiger partial charge in [0, 0.05) is 24.3 Å². The van der Waals surface area contributed by atoms with Gasteiger partial charge in [-0.1, -0.05) is 12.1 Å². The molecular formula is C14H23N3. The highest BCUT2D eigenvalue weighted by Gasteiger charge is 2.21. The summed E-state index contributed by atoms with van der Waals surface area (Å²) < 4.78 is 0. The van der Waals surface area contributed by atoms with Gasteiger partial charge in [-0.25, -0.2) is 0 Å². The number of rotatable bonds is 4. The quantitative estimate of drug-likeness (QED) is 0.836. The molecule has 94 valence electrons. The number of nitrogens with one attached hydrogen (secondary N) is 1. The third-order valence-corrected chi connectivity index (χ3v) is 3.30. The minimum absolute atomic E-state index is 0.389. The Bertz CT molecular complexity index is 345. The minimum atomic E-state index is 0.389. The third kappa shape index (κ3) is 3.72. The smallest absolute Gasteiger partial charge is 0.0342 e. The van der Waals surface area contributed by atoms with E-state index in [-0.39, 0.29) is 0 Å².